The standard InChI is InChI=1S/C23H24N4O4/c1-15-3-6-17(13-24-15)22(28)26-11-10-20-19(14-26)21(23(29)30)25-27(20)12-9-16-4-7-18(31-2)8-5-16/h3-8,13H,9-12,14H2,1-2H3,(H,29,30). The lowest BCUT2D eigenvalue weighted by Gasteiger charge is -2.27. The number of rotatable bonds is 6. The number of hydrogen-bond donors (Lipinski definition) is 1. The van der Waals surface area contributed by atoms with E-state index in [1.54, 1.807) is 35.0 Å². The van der Waals surface area contributed by atoms with Crippen molar-refractivity contribution in [2.75, 3.05) is 13.7 Å². The van der Waals surface area contributed by atoms with Gasteiger partial charge in [-0.15, -0.1) is 0 Å². The maximum Gasteiger partial charge on any atom is 0.356 e. The zero-order chi connectivity index (χ0) is 22.0. The number of fused-ring (bicyclic) bond motifs is 1. The van der Waals surface area contributed by atoms with Crippen molar-refractivity contribution in [1.82, 2.24) is 19.7 Å². The van der Waals surface area contributed by atoms with Crippen molar-refractivity contribution in [3.8, 4) is 5.75 Å². The lowest BCUT2D eigenvalue weighted by atomic mass is 10.0. The quantitative estimate of drug-likeness (QED) is 0.659. The second kappa shape index (κ2) is 8.59. The SMILES string of the molecule is COc1ccc(CCn2nc(C(=O)O)c3c2CCN(C(=O)c2ccc(C)nc2)C3)cc1. The number of aromatic carboxylic acids is 1. The fourth-order valence-corrected chi connectivity index (χ4v) is 3.82. The van der Waals surface area contributed by atoms with E-state index in [4.69, 9.17) is 4.74 Å². The molecule has 8 nitrogen and oxygen atoms in total. The van der Waals surface area contributed by atoms with Gasteiger partial charge < -0.3 is 14.7 Å². The number of nitrogens with zero attached hydrogens (tertiary/aromatic N) is 4. The van der Waals surface area contributed by atoms with Crippen molar-refractivity contribution in [1.29, 1.82) is 0 Å². The Bertz CT molecular complexity index is 1100. The molecule has 0 saturated heterocycles. The normalized spacial score (nSPS) is 13.0. The summed E-state index contributed by atoms with van der Waals surface area (Å²) in [6, 6.07) is 11.3. The number of aromatic nitrogens is 3. The molecule has 0 saturated carbocycles. The summed E-state index contributed by atoms with van der Waals surface area (Å²) in [5, 5.41) is 14.0. The number of pyridine rings is 1. The Labute approximate surface area is 180 Å². The fraction of sp³-hybridized carbons (Fsp3) is 0.304. The van der Waals surface area contributed by atoms with Gasteiger partial charge in [-0.2, -0.15) is 5.10 Å². The zero-order valence-corrected chi connectivity index (χ0v) is 17.5. The van der Waals surface area contributed by atoms with Crippen LogP contribution in [0.5, 0.6) is 5.75 Å². The smallest absolute Gasteiger partial charge is 0.356 e. The Kier molecular flexibility index (Phi) is 5.70. The minimum Gasteiger partial charge on any atom is -0.497 e. The second-order valence-electron chi connectivity index (χ2n) is 7.57. The Morgan fingerprint density at radius 3 is 2.58 bits per heavy atom. The summed E-state index contributed by atoms with van der Waals surface area (Å²) in [5.41, 5.74) is 3.96. The van der Waals surface area contributed by atoms with Crippen LogP contribution in [0.3, 0.4) is 0 Å². The van der Waals surface area contributed by atoms with Crippen LogP contribution in [0.4, 0.5) is 0 Å². The van der Waals surface area contributed by atoms with Crippen molar-refractivity contribution in [3.63, 3.8) is 0 Å². The van der Waals surface area contributed by atoms with Gasteiger partial charge in [0.2, 0.25) is 0 Å². The van der Waals surface area contributed by atoms with Crippen molar-refractivity contribution >= 4 is 11.9 Å². The van der Waals surface area contributed by atoms with Crippen molar-refractivity contribution < 1.29 is 19.4 Å². The molecule has 1 aliphatic heterocycles. The van der Waals surface area contributed by atoms with Gasteiger partial charge in [-0.3, -0.25) is 14.5 Å². The van der Waals surface area contributed by atoms with Gasteiger partial charge in [-0.1, -0.05) is 12.1 Å². The Morgan fingerprint density at radius 1 is 1.16 bits per heavy atom. The number of carbonyl (C=O) groups is 2. The number of aryl methyl sites for hydroxylation is 3. The third-order valence-electron chi connectivity index (χ3n) is 5.55. The van der Waals surface area contributed by atoms with Gasteiger partial charge in [0.1, 0.15) is 5.75 Å². The third-order valence-corrected chi connectivity index (χ3v) is 5.55. The lowest BCUT2D eigenvalue weighted by Crippen LogP contribution is -2.36. The lowest BCUT2D eigenvalue weighted by molar-refractivity contribution is 0.0674. The van der Waals surface area contributed by atoms with Crippen LogP contribution in [0.25, 0.3) is 0 Å². The summed E-state index contributed by atoms with van der Waals surface area (Å²) >= 11 is 0. The zero-order valence-electron chi connectivity index (χ0n) is 17.5. The number of carboxylic acids is 1. The topological polar surface area (TPSA) is 97.5 Å². The van der Waals surface area contributed by atoms with Crippen LogP contribution >= 0.6 is 0 Å². The first kappa shape index (κ1) is 20.6. The minimum atomic E-state index is -1.08. The van der Waals surface area contributed by atoms with E-state index in [2.05, 4.69) is 10.1 Å². The van der Waals surface area contributed by atoms with Gasteiger partial charge in [0.15, 0.2) is 5.69 Å². The predicted octanol–water partition coefficient (Wildman–Crippen LogP) is 2.73. The fourth-order valence-electron chi connectivity index (χ4n) is 3.82. The average Bonchev–Trinajstić information content (AvgIpc) is 3.16. The van der Waals surface area contributed by atoms with E-state index in [0.717, 1.165) is 29.1 Å². The number of carbonyl (C=O) groups excluding carboxylic acids is 1. The first-order chi connectivity index (χ1) is 15.0. The predicted molar refractivity (Wildman–Crippen MR) is 113 cm³/mol. The molecule has 4 rings (SSSR count). The maximum atomic E-state index is 12.9. The summed E-state index contributed by atoms with van der Waals surface area (Å²) < 4.78 is 6.96. The number of ether oxygens (including phenoxy) is 1. The molecule has 1 amide bonds. The third kappa shape index (κ3) is 4.28. The number of methoxy groups -OCH3 is 1. The molecule has 0 radical (unpaired) electrons. The molecule has 0 aliphatic carbocycles. The molecule has 3 aromatic rings. The van der Waals surface area contributed by atoms with E-state index < -0.39 is 5.97 Å². The molecule has 31 heavy (non-hydrogen) atoms. The van der Waals surface area contributed by atoms with Gasteiger partial charge in [0.05, 0.1) is 19.2 Å². The van der Waals surface area contributed by atoms with Crippen LogP contribution in [0, 0.1) is 6.92 Å². The molecule has 2 aromatic heterocycles. The van der Waals surface area contributed by atoms with E-state index in [0.29, 0.717) is 30.6 Å². The number of carboxylic acid groups (broad SMARTS) is 1. The maximum absolute atomic E-state index is 12.9. The molecule has 0 spiro atoms. The Morgan fingerprint density at radius 2 is 1.94 bits per heavy atom. The van der Waals surface area contributed by atoms with E-state index >= 15 is 0 Å². The van der Waals surface area contributed by atoms with Gasteiger partial charge in [-0.05, 0) is 43.2 Å². The summed E-state index contributed by atoms with van der Waals surface area (Å²) in [4.78, 5) is 30.5. The molecular formula is C23H24N4O4. The molecule has 1 aliphatic rings. The van der Waals surface area contributed by atoms with E-state index in [1.165, 1.54) is 0 Å². The van der Waals surface area contributed by atoms with E-state index in [9.17, 15) is 14.7 Å². The first-order valence-electron chi connectivity index (χ1n) is 10.1. The summed E-state index contributed by atoms with van der Waals surface area (Å²) in [6.45, 7) is 3.16. The average molecular weight is 420 g/mol. The van der Waals surface area contributed by atoms with Crippen LogP contribution in [0.1, 0.15) is 43.4 Å². The van der Waals surface area contributed by atoms with Crippen molar-refractivity contribution in [2.24, 2.45) is 0 Å². The molecule has 160 valence electrons. The van der Waals surface area contributed by atoms with Crippen LogP contribution in [0.2, 0.25) is 0 Å². The summed E-state index contributed by atoms with van der Waals surface area (Å²) in [5.74, 6) is -0.437. The second-order valence-corrected chi connectivity index (χ2v) is 7.57. The highest BCUT2D eigenvalue weighted by Crippen LogP contribution is 2.25. The van der Waals surface area contributed by atoms with E-state index in [1.807, 2.05) is 31.2 Å². The largest absolute Gasteiger partial charge is 0.497 e. The summed E-state index contributed by atoms with van der Waals surface area (Å²) in [6.07, 6.45) is 2.83. The van der Waals surface area contributed by atoms with Gasteiger partial charge in [-0.25, -0.2) is 4.79 Å². The highest BCUT2D eigenvalue weighted by molar-refractivity contribution is 5.94. The number of hydrogen-bond acceptors (Lipinski definition) is 5. The van der Waals surface area contributed by atoms with Gasteiger partial charge in [0, 0.05) is 42.7 Å². The molecule has 0 unspecified atom stereocenters. The van der Waals surface area contributed by atoms with Crippen molar-refractivity contribution in [2.45, 2.75) is 32.9 Å². The molecule has 0 atom stereocenters. The molecule has 0 fully saturated rings. The summed E-state index contributed by atoms with van der Waals surface area (Å²) in [7, 11) is 1.63. The van der Waals surface area contributed by atoms with Crippen molar-refractivity contribution in [3.05, 3.63) is 76.4 Å². The molecule has 1 aromatic carbocycles. The number of benzene rings is 1. The van der Waals surface area contributed by atoms with Gasteiger partial charge >= 0.3 is 5.97 Å². The molecule has 3 heterocycles. The highest BCUT2D eigenvalue weighted by Gasteiger charge is 2.30. The van der Waals surface area contributed by atoms with Crippen LogP contribution in [-0.4, -0.2) is 50.3 Å². The molecule has 8 heteroatoms. The monoisotopic (exact) mass is 420 g/mol. The van der Waals surface area contributed by atoms with Gasteiger partial charge in [0.25, 0.3) is 5.91 Å². The van der Waals surface area contributed by atoms with Crippen LogP contribution < -0.4 is 4.74 Å². The number of amides is 1. The van der Waals surface area contributed by atoms with Crippen LogP contribution in [0.15, 0.2) is 42.6 Å². The molecular weight excluding hydrogens is 396 g/mol. The van der Waals surface area contributed by atoms with E-state index in [-0.39, 0.29) is 18.1 Å². The highest BCUT2D eigenvalue weighted by atomic mass is 16.5. The Hall–Kier alpha value is -3.68. The molecule has 0 bridgehead atoms. The minimum absolute atomic E-state index is 0.0178. The molecule has 1 N–H and O–H groups in total. The first-order valence-corrected chi connectivity index (χ1v) is 10.1. The van der Waals surface area contributed by atoms with Crippen LogP contribution in [-0.2, 0) is 25.9 Å². The Balaban J connectivity index is 1.53.